The molecule has 0 bridgehead atoms. The molecule has 32 heavy (non-hydrogen) atoms. The van der Waals surface area contributed by atoms with E-state index in [1.807, 2.05) is 54.6 Å². The highest BCUT2D eigenvalue weighted by Crippen LogP contribution is 2.22. The minimum atomic E-state index is -0.149. The van der Waals surface area contributed by atoms with Crippen LogP contribution in [0.5, 0.6) is 0 Å². The van der Waals surface area contributed by atoms with Crippen LogP contribution >= 0.6 is 23.4 Å². The fourth-order valence-corrected chi connectivity index (χ4v) is 4.27. The molecule has 4 aromatic rings. The molecule has 0 saturated heterocycles. The van der Waals surface area contributed by atoms with Gasteiger partial charge >= 0.3 is 0 Å². The fraction of sp³-hybridized carbons (Fsp3) is 0.160. The topological polar surface area (TPSA) is 64.0 Å². The van der Waals surface area contributed by atoms with Gasteiger partial charge in [-0.3, -0.25) is 14.2 Å². The summed E-state index contributed by atoms with van der Waals surface area (Å²) in [5.41, 5.74) is 3.34. The lowest BCUT2D eigenvalue weighted by Crippen LogP contribution is -2.26. The zero-order valence-corrected chi connectivity index (χ0v) is 19.1. The zero-order chi connectivity index (χ0) is 22.5. The Hall–Kier alpha value is -3.09. The van der Waals surface area contributed by atoms with Gasteiger partial charge in [0.25, 0.3) is 5.56 Å². The molecule has 0 fully saturated rings. The summed E-state index contributed by atoms with van der Waals surface area (Å²) >= 11 is 7.15. The molecule has 0 aliphatic carbocycles. The maximum Gasteiger partial charge on any atom is 0.266 e. The average Bonchev–Trinajstić information content (AvgIpc) is 2.82. The Labute approximate surface area is 195 Å². The first kappa shape index (κ1) is 22.1. The molecule has 7 heteroatoms. The second kappa shape index (κ2) is 10.0. The van der Waals surface area contributed by atoms with Crippen molar-refractivity contribution in [1.82, 2.24) is 14.9 Å². The van der Waals surface area contributed by atoms with Gasteiger partial charge in [-0.25, -0.2) is 4.98 Å². The first-order chi connectivity index (χ1) is 15.5. The van der Waals surface area contributed by atoms with Gasteiger partial charge in [0.1, 0.15) is 0 Å². The third kappa shape index (κ3) is 5.03. The van der Waals surface area contributed by atoms with E-state index < -0.39 is 0 Å². The lowest BCUT2D eigenvalue weighted by molar-refractivity contribution is -0.118. The molecule has 1 aromatic heterocycles. The number of carbonyl (C=O) groups excluding carboxylic acids is 1. The van der Waals surface area contributed by atoms with Crippen molar-refractivity contribution in [3.63, 3.8) is 0 Å². The van der Waals surface area contributed by atoms with E-state index in [0.29, 0.717) is 27.6 Å². The van der Waals surface area contributed by atoms with Gasteiger partial charge in [0.15, 0.2) is 5.16 Å². The van der Waals surface area contributed by atoms with Gasteiger partial charge in [0.05, 0.1) is 22.3 Å². The van der Waals surface area contributed by atoms with Crippen LogP contribution < -0.4 is 10.9 Å². The summed E-state index contributed by atoms with van der Waals surface area (Å²) in [5.74, 6) is 0.00559. The molecule has 162 valence electrons. The second-order valence-corrected chi connectivity index (χ2v) is 8.64. The van der Waals surface area contributed by atoms with Crippen LogP contribution in [0.1, 0.15) is 18.1 Å². The van der Waals surface area contributed by atoms with Crippen molar-refractivity contribution in [2.75, 3.05) is 5.75 Å². The Morgan fingerprint density at radius 1 is 1.00 bits per heavy atom. The predicted octanol–water partition coefficient (Wildman–Crippen LogP) is 5.01. The van der Waals surface area contributed by atoms with Gasteiger partial charge in [-0.15, -0.1) is 0 Å². The molecule has 0 saturated carbocycles. The SMILES string of the molecule is CCc1ccc(-n2c(SCC(=O)NCc3ccc(Cl)cc3)nc3ccccc3c2=O)cc1. The van der Waals surface area contributed by atoms with Crippen molar-refractivity contribution in [3.05, 3.63) is 99.3 Å². The molecule has 0 atom stereocenters. The number of benzene rings is 3. The Bertz CT molecular complexity index is 1300. The number of hydrogen-bond donors (Lipinski definition) is 1. The van der Waals surface area contributed by atoms with Crippen LogP contribution in [-0.2, 0) is 17.8 Å². The number of aryl methyl sites for hydroxylation is 1. The molecule has 4 rings (SSSR count). The molecule has 0 radical (unpaired) electrons. The molecule has 0 aliphatic heterocycles. The predicted molar refractivity (Wildman–Crippen MR) is 131 cm³/mol. The molecule has 1 amide bonds. The Morgan fingerprint density at radius 2 is 1.69 bits per heavy atom. The number of amides is 1. The number of nitrogens with one attached hydrogen (secondary N) is 1. The summed E-state index contributed by atoms with van der Waals surface area (Å²) in [5, 5.41) is 4.58. The van der Waals surface area contributed by atoms with Gasteiger partial charge < -0.3 is 5.32 Å². The van der Waals surface area contributed by atoms with E-state index in [0.717, 1.165) is 17.7 Å². The maximum absolute atomic E-state index is 13.3. The molecule has 1 heterocycles. The highest BCUT2D eigenvalue weighted by Gasteiger charge is 2.15. The molecular weight excluding hydrogens is 442 g/mol. The second-order valence-electron chi connectivity index (χ2n) is 7.26. The number of carbonyl (C=O) groups is 1. The third-order valence-corrected chi connectivity index (χ3v) is 6.27. The summed E-state index contributed by atoms with van der Waals surface area (Å²) in [6.45, 7) is 2.50. The number of fused-ring (bicyclic) bond motifs is 1. The van der Waals surface area contributed by atoms with Crippen molar-refractivity contribution in [2.45, 2.75) is 25.0 Å². The maximum atomic E-state index is 13.3. The Morgan fingerprint density at radius 3 is 2.41 bits per heavy atom. The fourth-order valence-electron chi connectivity index (χ4n) is 3.30. The number of nitrogens with zero attached hydrogens (tertiary/aromatic N) is 2. The monoisotopic (exact) mass is 463 g/mol. The summed E-state index contributed by atoms with van der Waals surface area (Å²) in [4.78, 5) is 30.4. The zero-order valence-electron chi connectivity index (χ0n) is 17.5. The van der Waals surface area contributed by atoms with Crippen LogP contribution in [0.2, 0.25) is 5.02 Å². The molecule has 5 nitrogen and oxygen atoms in total. The number of thioether (sulfide) groups is 1. The van der Waals surface area contributed by atoms with Crippen LogP contribution in [0, 0.1) is 0 Å². The van der Waals surface area contributed by atoms with Crippen molar-refractivity contribution in [2.24, 2.45) is 0 Å². The molecular formula is C25H22ClN3O2S. The highest BCUT2D eigenvalue weighted by molar-refractivity contribution is 7.99. The minimum absolute atomic E-state index is 0.139. The number of hydrogen-bond acceptors (Lipinski definition) is 4. The van der Waals surface area contributed by atoms with E-state index in [1.54, 1.807) is 22.8 Å². The van der Waals surface area contributed by atoms with Crippen LogP contribution in [0.15, 0.2) is 82.7 Å². The summed E-state index contributed by atoms with van der Waals surface area (Å²) in [6, 6.07) is 22.4. The van der Waals surface area contributed by atoms with E-state index in [4.69, 9.17) is 11.6 Å². The Balaban J connectivity index is 1.58. The van der Waals surface area contributed by atoms with E-state index in [2.05, 4.69) is 17.2 Å². The molecule has 1 N–H and O–H groups in total. The first-order valence-corrected chi connectivity index (χ1v) is 11.7. The van der Waals surface area contributed by atoms with Gasteiger partial charge in [-0.05, 0) is 53.9 Å². The lowest BCUT2D eigenvalue weighted by Gasteiger charge is -2.13. The van der Waals surface area contributed by atoms with Crippen molar-refractivity contribution < 1.29 is 4.79 Å². The van der Waals surface area contributed by atoms with Crippen LogP contribution in [0.4, 0.5) is 0 Å². The smallest absolute Gasteiger partial charge is 0.266 e. The van der Waals surface area contributed by atoms with Crippen LogP contribution in [-0.4, -0.2) is 21.2 Å². The molecule has 0 spiro atoms. The highest BCUT2D eigenvalue weighted by atomic mass is 35.5. The van der Waals surface area contributed by atoms with E-state index >= 15 is 0 Å². The number of aromatic nitrogens is 2. The van der Waals surface area contributed by atoms with Gasteiger partial charge in [0.2, 0.25) is 5.91 Å². The van der Waals surface area contributed by atoms with E-state index in [9.17, 15) is 9.59 Å². The van der Waals surface area contributed by atoms with Gasteiger partial charge in [0, 0.05) is 11.6 Å². The van der Waals surface area contributed by atoms with Crippen molar-refractivity contribution in [1.29, 1.82) is 0 Å². The third-order valence-electron chi connectivity index (χ3n) is 5.08. The Kier molecular flexibility index (Phi) is 6.93. The number of halogens is 1. The van der Waals surface area contributed by atoms with Gasteiger partial charge in [-0.1, -0.05) is 66.7 Å². The summed E-state index contributed by atoms with van der Waals surface area (Å²) in [7, 11) is 0. The van der Waals surface area contributed by atoms with Crippen LogP contribution in [0.3, 0.4) is 0 Å². The van der Waals surface area contributed by atoms with E-state index in [-0.39, 0.29) is 17.2 Å². The van der Waals surface area contributed by atoms with Crippen LogP contribution in [0.25, 0.3) is 16.6 Å². The molecule has 3 aromatic carbocycles. The lowest BCUT2D eigenvalue weighted by atomic mass is 10.1. The first-order valence-electron chi connectivity index (χ1n) is 10.3. The normalized spacial score (nSPS) is 10.9. The largest absolute Gasteiger partial charge is 0.351 e. The summed E-state index contributed by atoms with van der Waals surface area (Å²) < 4.78 is 1.58. The average molecular weight is 464 g/mol. The van der Waals surface area contributed by atoms with Crippen molar-refractivity contribution >= 4 is 40.2 Å². The molecule has 0 aliphatic rings. The summed E-state index contributed by atoms with van der Waals surface area (Å²) in [6.07, 6.45) is 0.917. The van der Waals surface area contributed by atoms with Gasteiger partial charge in [-0.2, -0.15) is 0 Å². The number of rotatable bonds is 7. The quantitative estimate of drug-likeness (QED) is 0.309. The van der Waals surface area contributed by atoms with E-state index in [1.165, 1.54) is 17.3 Å². The minimum Gasteiger partial charge on any atom is -0.351 e. The van der Waals surface area contributed by atoms with Crippen molar-refractivity contribution in [3.8, 4) is 5.69 Å². The standard InChI is InChI=1S/C25H22ClN3O2S/c1-2-17-9-13-20(14-10-17)29-24(31)21-5-3-4-6-22(21)28-25(29)32-16-23(30)27-15-18-7-11-19(26)12-8-18/h3-14H,2,15-16H2,1H3,(H,27,30). The number of para-hydroxylation sites is 1. The molecule has 0 unspecified atom stereocenters.